The molecule has 1 aliphatic heterocycles. The van der Waals surface area contributed by atoms with E-state index in [0.717, 1.165) is 19.1 Å². The molecule has 0 N–H and O–H groups in total. The van der Waals surface area contributed by atoms with Gasteiger partial charge in [0.25, 0.3) is 0 Å². The van der Waals surface area contributed by atoms with E-state index < -0.39 is 0 Å². The fourth-order valence-electron chi connectivity index (χ4n) is 1.13. The molecular weight excluding hydrogens is 112 g/mol. The van der Waals surface area contributed by atoms with Gasteiger partial charge < -0.3 is 4.74 Å². The van der Waals surface area contributed by atoms with Gasteiger partial charge in [-0.2, -0.15) is 0 Å². The summed E-state index contributed by atoms with van der Waals surface area (Å²) in [5, 5.41) is 0. The van der Waals surface area contributed by atoms with Gasteiger partial charge in [0, 0.05) is 5.92 Å². The van der Waals surface area contributed by atoms with Crippen molar-refractivity contribution in [1.82, 2.24) is 0 Å². The molecule has 0 aliphatic carbocycles. The number of hydrogen-bond donors (Lipinski definition) is 0. The van der Waals surface area contributed by atoms with Crippen LogP contribution in [-0.2, 0) is 4.74 Å². The van der Waals surface area contributed by atoms with E-state index in [9.17, 15) is 0 Å². The van der Waals surface area contributed by atoms with E-state index >= 15 is 0 Å². The van der Waals surface area contributed by atoms with Crippen LogP contribution < -0.4 is 0 Å². The molecule has 1 nitrogen and oxygen atoms in total. The van der Waals surface area contributed by atoms with E-state index in [4.69, 9.17) is 4.74 Å². The highest BCUT2D eigenvalue weighted by Crippen LogP contribution is 2.17. The monoisotopic (exact) mass is 128 g/mol. The van der Waals surface area contributed by atoms with Gasteiger partial charge in [0.15, 0.2) is 0 Å². The predicted octanol–water partition coefficient (Wildman–Crippen LogP) is 2.21. The molecule has 0 amide bonds. The molecule has 1 heterocycles. The Morgan fingerprint density at radius 1 is 1.33 bits per heavy atom. The Labute approximate surface area is 57.4 Å². The van der Waals surface area contributed by atoms with Gasteiger partial charge in [-0.1, -0.05) is 26.2 Å². The summed E-state index contributed by atoms with van der Waals surface area (Å²) in [4.78, 5) is 0. The summed E-state index contributed by atoms with van der Waals surface area (Å²) < 4.78 is 5.07. The molecule has 1 heteroatoms. The lowest BCUT2D eigenvalue weighted by atomic mass is 10.0. The predicted molar refractivity (Wildman–Crippen MR) is 38.5 cm³/mol. The van der Waals surface area contributed by atoms with E-state index in [-0.39, 0.29) is 0 Å². The minimum atomic E-state index is 0.913. The molecule has 0 bridgehead atoms. The summed E-state index contributed by atoms with van der Waals surface area (Å²) in [5.74, 6) is 0.913. The van der Waals surface area contributed by atoms with Crippen LogP contribution in [0.3, 0.4) is 0 Å². The smallest absolute Gasteiger partial charge is 0.0516 e. The topological polar surface area (TPSA) is 9.23 Å². The van der Waals surface area contributed by atoms with Crippen LogP contribution in [0.2, 0.25) is 0 Å². The molecule has 0 radical (unpaired) electrons. The van der Waals surface area contributed by atoms with E-state index in [0.29, 0.717) is 0 Å². The largest absolute Gasteiger partial charge is 0.381 e. The van der Waals surface area contributed by atoms with Gasteiger partial charge in [0.05, 0.1) is 13.2 Å². The fraction of sp³-hybridized carbons (Fsp3) is 1.00. The third-order valence-corrected chi connectivity index (χ3v) is 1.92. The van der Waals surface area contributed by atoms with Crippen LogP contribution in [-0.4, -0.2) is 13.2 Å². The van der Waals surface area contributed by atoms with Gasteiger partial charge in [-0.05, 0) is 6.42 Å². The zero-order valence-corrected chi connectivity index (χ0v) is 6.23. The Hall–Kier alpha value is -0.0400. The first kappa shape index (κ1) is 7.07. The summed E-state index contributed by atoms with van der Waals surface area (Å²) in [5.41, 5.74) is 0. The third-order valence-electron chi connectivity index (χ3n) is 1.92. The van der Waals surface area contributed by atoms with Crippen molar-refractivity contribution >= 4 is 0 Å². The molecule has 0 aromatic heterocycles. The van der Waals surface area contributed by atoms with Crippen molar-refractivity contribution < 1.29 is 4.74 Å². The van der Waals surface area contributed by atoms with Crippen LogP contribution in [0.1, 0.15) is 32.6 Å². The Morgan fingerprint density at radius 3 is 2.56 bits per heavy atom. The van der Waals surface area contributed by atoms with Gasteiger partial charge in [-0.3, -0.25) is 0 Å². The van der Waals surface area contributed by atoms with Gasteiger partial charge >= 0.3 is 0 Å². The van der Waals surface area contributed by atoms with Crippen molar-refractivity contribution in [2.45, 2.75) is 32.6 Å². The number of hydrogen-bond acceptors (Lipinski definition) is 1. The zero-order valence-electron chi connectivity index (χ0n) is 6.23. The normalized spacial score (nSPS) is 19.7. The molecule has 1 fully saturated rings. The molecule has 1 saturated heterocycles. The molecule has 0 atom stereocenters. The average Bonchev–Trinajstić information content (AvgIpc) is 1.76. The molecule has 1 aliphatic rings. The highest BCUT2D eigenvalue weighted by molar-refractivity contribution is 4.64. The second-order valence-electron chi connectivity index (χ2n) is 2.90. The van der Waals surface area contributed by atoms with Crippen LogP contribution in [0.15, 0.2) is 0 Å². The van der Waals surface area contributed by atoms with E-state index in [1.165, 1.54) is 25.7 Å². The Bertz CT molecular complexity index is 67.0. The summed E-state index contributed by atoms with van der Waals surface area (Å²) in [7, 11) is 0. The lowest BCUT2D eigenvalue weighted by molar-refractivity contribution is -0.0364. The Morgan fingerprint density at radius 2 is 2.11 bits per heavy atom. The lowest BCUT2D eigenvalue weighted by Gasteiger charge is -2.25. The number of rotatable bonds is 4. The van der Waals surface area contributed by atoms with E-state index in [1.54, 1.807) is 0 Å². The second kappa shape index (κ2) is 3.89. The molecule has 0 aromatic rings. The van der Waals surface area contributed by atoms with Gasteiger partial charge in [-0.25, -0.2) is 0 Å². The zero-order chi connectivity index (χ0) is 6.53. The minimum Gasteiger partial charge on any atom is -0.381 e. The maximum Gasteiger partial charge on any atom is 0.0516 e. The van der Waals surface area contributed by atoms with Gasteiger partial charge in [-0.15, -0.1) is 0 Å². The number of ether oxygens (including phenoxy) is 1. The van der Waals surface area contributed by atoms with Crippen LogP contribution in [0.25, 0.3) is 0 Å². The van der Waals surface area contributed by atoms with Crippen molar-refractivity contribution in [3.8, 4) is 0 Å². The quantitative estimate of drug-likeness (QED) is 0.527. The first-order valence-corrected chi connectivity index (χ1v) is 4.01. The molecular formula is C8H16O. The molecule has 0 spiro atoms. The van der Waals surface area contributed by atoms with Crippen molar-refractivity contribution in [2.24, 2.45) is 5.92 Å². The second-order valence-corrected chi connectivity index (χ2v) is 2.90. The van der Waals surface area contributed by atoms with E-state index in [1.807, 2.05) is 0 Å². The number of unbranched alkanes of at least 4 members (excludes halogenated alkanes) is 2. The molecule has 54 valence electrons. The SMILES string of the molecule is CCCCCC1COC1. The maximum absolute atomic E-state index is 5.07. The maximum atomic E-state index is 5.07. The van der Waals surface area contributed by atoms with Gasteiger partial charge in [0.1, 0.15) is 0 Å². The summed E-state index contributed by atoms with van der Waals surface area (Å²) in [6.45, 7) is 4.31. The molecule has 0 unspecified atom stereocenters. The lowest BCUT2D eigenvalue weighted by Crippen LogP contribution is -2.27. The summed E-state index contributed by atoms with van der Waals surface area (Å²) in [6.07, 6.45) is 5.54. The fourth-order valence-corrected chi connectivity index (χ4v) is 1.13. The third kappa shape index (κ3) is 2.35. The highest BCUT2D eigenvalue weighted by Gasteiger charge is 2.16. The van der Waals surface area contributed by atoms with Crippen LogP contribution in [0, 0.1) is 5.92 Å². The van der Waals surface area contributed by atoms with Gasteiger partial charge in [0.2, 0.25) is 0 Å². The molecule has 1 rings (SSSR count). The highest BCUT2D eigenvalue weighted by atomic mass is 16.5. The average molecular weight is 128 g/mol. The summed E-state index contributed by atoms with van der Waals surface area (Å²) >= 11 is 0. The molecule has 0 saturated carbocycles. The minimum absolute atomic E-state index is 0.913. The Balaban J connectivity index is 1.80. The van der Waals surface area contributed by atoms with Crippen molar-refractivity contribution in [3.05, 3.63) is 0 Å². The van der Waals surface area contributed by atoms with Crippen molar-refractivity contribution in [1.29, 1.82) is 0 Å². The van der Waals surface area contributed by atoms with Crippen LogP contribution in [0.4, 0.5) is 0 Å². The first-order valence-electron chi connectivity index (χ1n) is 4.01. The molecule has 9 heavy (non-hydrogen) atoms. The van der Waals surface area contributed by atoms with Crippen LogP contribution >= 0.6 is 0 Å². The molecule has 0 aromatic carbocycles. The van der Waals surface area contributed by atoms with Crippen molar-refractivity contribution in [3.63, 3.8) is 0 Å². The van der Waals surface area contributed by atoms with E-state index in [2.05, 4.69) is 6.92 Å². The first-order chi connectivity index (χ1) is 4.43. The standard InChI is InChI=1S/C8H16O/c1-2-3-4-5-8-6-9-7-8/h8H,2-7H2,1H3. The van der Waals surface area contributed by atoms with Crippen molar-refractivity contribution in [2.75, 3.05) is 13.2 Å². The summed E-state index contributed by atoms with van der Waals surface area (Å²) in [6, 6.07) is 0. The Kier molecular flexibility index (Phi) is 3.05. The van der Waals surface area contributed by atoms with Crippen LogP contribution in [0.5, 0.6) is 0 Å².